The summed E-state index contributed by atoms with van der Waals surface area (Å²) in [5, 5.41) is 16.8. The molecule has 0 bridgehead atoms. The monoisotopic (exact) mass is 898 g/mol. The number of rotatable bonds is 5. The van der Waals surface area contributed by atoms with Crippen molar-refractivity contribution in [3.8, 4) is 23.0 Å². The number of nitrogen functional groups attached to an aromatic ring is 2. The van der Waals surface area contributed by atoms with E-state index >= 15 is 0 Å². The van der Waals surface area contributed by atoms with Gasteiger partial charge in [0.1, 0.15) is 22.1 Å². The molecule has 0 aliphatic carbocycles. The van der Waals surface area contributed by atoms with Crippen molar-refractivity contribution in [1.82, 2.24) is 0 Å². The van der Waals surface area contributed by atoms with Crippen LogP contribution in [0.4, 0.5) is 22.7 Å². The number of hydrogen-bond donors (Lipinski definition) is 3. The minimum Gasteiger partial charge on any atom is -0.750 e. The first-order valence-electron chi connectivity index (χ1n) is 18.2. The predicted octanol–water partition coefficient (Wildman–Crippen LogP) is 2.79. The van der Waals surface area contributed by atoms with Crippen LogP contribution in [0.5, 0.6) is 23.0 Å². The summed E-state index contributed by atoms with van der Waals surface area (Å²) in [6, 6.07) is 32.4. The fourth-order valence-corrected chi connectivity index (χ4v) is 6.72. The van der Waals surface area contributed by atoms with Crippen LogP contribution in [0.3, 0.4) is 0 Å². The number of benzene rings is 6. The Labute approximate surface area is 399 Å². The average molecular weight is 899 g/mol. The van der Waals surface area contributed by atoms with Gasteiger partial charge in [-0.3, -0.25) is 4.55 Å². The van der Waals surface area contributed by atoms with Crippen molar-refractivity contribution in [2.45, 2.75) is 60.8 Å². The Morgan fingerprint density at radius 3 is 1.28 bits per heavy atom. The van der Waals surface area contributed by atoms with E-state index in [0.29, 0.717) is 11.4 Å². The zero-order valence-corrected chi connectivity index (χ0v) is 38.3. The molecule has 61 heavy (non-hydrogen) atoms. The largest absolute Gasteiger partial charge is 1.00 e. The van der Waals surface area contributed by atoms with Gasteiger partial charge in [0, 0.05) is 45.1 Å². The van der Waals surface area contributed by atoms with Gasteiger partial charge < -0.3 is 45.1 Å². The first kappa shape index (κ1) is 53.0. The summed E-state index contributed by atoms with van der Waals surface area (Å²) in [6.45, 7) is 8.74. The van der Waals surface area contributed by atoms with Crippen molar-refractivity contribution in [3.63, 3.8) is 0 Å². The molecule has 15 nitrogen and oxygen atoms in total. The van der Waals surface area contributed by atoms with Crippen LogP contribution in [0.25, 0.3) is 32.7 Å². The molecule has 0 saturated heterocycles. The Balaban J connectivity index is 0.000000331. The summed E-state index contributed by atoms with van der Waals surface area (Å²) in [4.78, 5) is 9.68. The number of nitrogens with two attached hydrogens (primary N) is 2. The summed E-state index contributed by atoms with van der Waals surface area (Å²) in [5.74, 6) is 3.05. The van der Waals surface area contributed by atoms with E-state index < -0.39 is 21.8 Å². The molecular formula is C43H47KN4O11S2-2. The second kappa shape index (κ2) is 23.9. The van der Waals surface area contributed by atoms with Gasteiger partial charge in [-0.05, 0) is 60.4 Å². The summed E-state index contributed by atoms with van der Waals surface area (Å²) >= 11 is -2.88. The van der Waals surface area contributed by atoms with Gasteiger partial charge in [0.25, 0.3) is 0 Å². The SMILES string of the molecule is C.CCC(CC)=c1ccc2c(c1)Oc1cc(N)c3ccccc3c1N=2.CCC(CC)=c1ccc2c(c1)Oc1cc(N)c3ccccc3c1N=2.O.O=S(=O)([O-])O.O=S([O-])O[O-].[K+]. The Morgan fingerprint density at radius 2 is 0.984 bits per heavy atom. The molecule has 1 atom stereocenters. The maximum absolute atomic E-state index is 8.83. The van der Waals surface area contributed by atoms with E-state index in [0.717, 1.165) is 92.3 Å². The first-order valence-corrected chi connectivity index (χ1v) is 20.5. The van der Waals surface area contributed by atoms with E-state index in [1.807, 2.05) is 72.8 Å². The summed E-state index contributed by atoms with van der Waals surface area (Å²) in [5.41, 5.74) is 18.4. The maximum Gasteiger partial charge on any atom is 1.00 e. The third-order valence-corrected chi connectivity index (χ3v) is 9.54. The predicted molar refractivity (Wildman–Crippen MR) is 231 cm³/mol. The van der Waals surface area contributed by atoms with Crippen LogP contribution in [0.2, 0.25) is 0 Å². The zero-order valence-electron chi connectivity index (χ0n) is 33.6. The quantitative estimate of drug-likeness (QED) is 0.0428. The van der Waals surface area contributed by atoms with E-state index in [1.165, 1.54) is 21.6 Å². The van der Waals surface area contributed by atoms with Gasteiger partial charge in [0.2, 0.25) is 10.4 Å². The number of anilines is 2. The van der Waals surface area contributed by atoms with Crippen LogP contribution in [-0.2, 0) is 26.1 Å². The molecular weight excluding hydrogens is 852 g/mol. The smallest absolute Gasteiger partial charge is 0.750 e. The fraction of sp³-hybridized carbons (Fsp3) is 0.209. The number of nitrogens with zero attached hydrogens (tertiary/aromatic N) is 2. The van der Waals surface area contributed by atoms with Crippen molar-refractivity contribution in [3.05, 3.63) is 118 Å². The van der Waals surface area contributed by atoms with Crippen molar-refractivity contribution in [2.75, 3.05) is 11.5 Å². The van der Waals surface area contributed by atoms with Crippen LogP contribution >= 0.6 is 0 Å². The fourth-order valence-electron chi connectivity index (χ4n) is 6.72. The van der Waals surface area contributed by atoms with Crippen molar-refractivity contribution in [1.29, 1.82) is 0 Å². The summed E-state index contributed by atoms with van der Waals surface area (Å²) in [7, 11) is -4.92. The molecule has 320 valence electrons. The normalized spacial score (nSPS) is 11.7. The summed E-state index contributed by atoms with van der Waals surface area (Å²) < 4.78 is 65.2. The zero-order chi connectivity index (χ0) is 42.1. The van der Waals surface area contributed by atoms with Crippen LogP contribution in [0.15, 0.2) is 107 Å². The molecule has 6 aromatic carbocycles. The van der Waals surface area contributed by atoms with Crippen LogP contribution in [0, 0.1) is 0 Å². The van der Waals surface area contributed by atoms with E-state index in [9.17, 15) is 0 Å². The third kappa shape index (κ3) is 13.4. The summed E-state index contributed by atoms with van der Waals surface area (Å²) in [6.07, 6.45) is 4.17. The molecule has 0 spiro atoms. The van der Waals surface area contributed by atoms with Crippen LogP contribution in [-0.4, -0.2) is 31.8 Å². The standard InChI is InChI=1S/2C21H20N2O.CH4.K.2H2O4S.H2O/c2*1-3-13(4-2)14-9-10-18-19(11-14)24-20-12-17(22)15-7-5-6-8-16(15)21(20)23-18;;;1-5(2,3)4;1-4-5(2)3;/h2*5-12H,3-4,22H2,1-2H3;1H4;;(H2,1,2,3,4);1H,(H,2,3);1H2/q;;;+1;;;/p-3. The Kier molecular flexibility index (Phi) is 20.8. The van der Waals surface area contributed by atoms with Crippen LogP contribution < -0.4 is 98.7 Å². The molecule has 0 amide bonds. The van der Waals surface area contributed by atoms with Gasteiger partial charge in [-0.2, -0.15) is 0 Å². The third-order valence-electron chi connectivity index (χ3n) is 9.43. The van der Waals surface area contributed by atoms with Crippen molar-refractivity contribution in [2.24, 2.45) is 9.98 Å². The minimum absolute atomic E-state index is 0. The molecule has 0 fully saturated rings. The van der Waals surface area contributed by atoms with E-state index in [-0.39, 0.29) is 64.3 Å². The molecule has 18 heteroatoms. The molecule has 2 heterocycles. The minimum atomic E-state index is -4.92. The number of ether oxygens (including phenoxy) is 2. The van der Waals surface area contributed by atoms with Gasteiger partial charge in [0.15, 0.2) is 23.0 Å². The molecule has 7 N–H and O–H groups in total. The van der Waals surface area contributed by atoms with Gasteiger partial charge in [-0.1, -0.05) is 107 Å². The molecule has 2 aliphatic heterocycles. The van der Waals surface area contributed by atoms with Gasteiger partial charge in [0.05, 0.1) is 11.4 Å². The van der Waals surface area contributed by atoms with Crippen molar-refractivity contribution >= 4 is 77.2 Å². The van der Waals surface area contributed by atoms with Gasteiger partial charge in [-0.25, -0.2) is 22.6 Å². The molecule has 6 aromatic rings. The Morgan fingerprint density at radius 1 is 0.672 bits per heavy atom. The Bertz CT molecular complexity index is 2700. The average Bonchev–Trinajstić information content (AvgIpc) is 3.20. The Hall–Kier alpha value is -4.12. The van der Waals surface area contributed by atoms with Gasteiger partial charge in [-0.15, -0.1) is 0 Å². The second-order valence-corrected chi connectivity index (χ2v) is 14.2. The molecule has 0 radical (unpaired) electrons. The number of hydrogen-bond acceptors (Lipinski definition) is 13. The topological polar surface area (TPSA) is 277 Å². The van der Waals surface area contributed by atoms with E-state index in [1.54, 1.807) is 0 Å². The second-order valence-electron chi connectivity index (χ2n) is 12.8. The number of fused-ring (bicyclic) bond motifs is 8. The first-order chi connectivity index (χ1) is 27.7. The van der Waals surface area contributed by atoms with Crippen molar-refractivity contribution < 1.29 is 102 Å². The maximum atomic E-state index is 8.83. The van der Waals surface area contributed by atoms with E-state index in [2.05, 4.69) is 56.3 Å². The molecule has 0 saturated carbocycles. The molecule has 2 aliphatic rings. The van der Waals surface area contributed by atoms with Gasteiger partial charge >= 0.3 is 51.4 Å². The molecule has 8 rings (SSSR count). The molecule has 1 unspecified atom stereocenters. The molecule has 0 aromatic heterocycles. The van der Waals surface area contributed by atoms with Crippen LogP contribution in [0.1, 0.15) is 60.8 Å². The van der Waals surface area contributed by atoms with E-state index in [4.69, 9.17) is 62.5 Å².